The minimum atomic E-state index is 0.734. The summed E-state index contributed by atoms with van der Waals surface area (Å²) in [5.41, 5.74) is 2.47. The van der Waals surface area contributed by atoms with E-state index in [-0.39, 0.29) is 0 Å². The van der Waals surface area contributed by atoms with Crippen molar-refractivity contribution in [1.29, 1.82) is 0 Å². The smallest absolute Gasteiger partial charge is 0.200 e. The number of hydrogen-bond acceptors (Lipinski definition) is 8. The van der Waals surface area contributed by atoms with Gasteiger partial charge in [0.1, 0.15) is 0 Å². The summed E-state index contributed by atoms with van der Waals surface area (Å²) in [7, 11) is 0. The van der Waals surface area contributed by atoms with Crippen molar-refractivity contribution in [2.45, 2.75) is 48.8 Å². The van der Waals surface area contributed by atoms with Crippen molar-refractivity contribution in [3.05, 3.63) is 72.2 Å². The van der Waals surface area contributed by atoms with Gasteiger partial charge in [-0.1, -0.05) is 47.8 Å². The van der Waals surface area contributed by atoms with Gasteiger partial charge in [0.2, 0.25) is 0 Å². The van der Waals surface area contributed by atoms with E-state index in [2.05, 4.69) is 67.6 Å². The third-order valence-electron chi connectivity index (χ3n) is 5.31. The Balaban J connectivity index is 1.20. The third kappa shape index (κ3) is 4.69. The number of thioether (sulfide) groups is 2. The zero-order valence-corrected chi connectivity index (χ0v) is 20.6. The summed E-state index contributed by atoms with van der Waals surface area (Å²) in [5, 5.41) is 19.1. The van der Waals surface area contributed by atoms with Crippen molar-refractivity contribution in [3.63, 3.8) is 0 Å². The first kappa shape index (κ1) is 22.5. The van der Waals surface area contributed by atoms with Gasteiger partial charge in [0.15, 0.2) is 33.5 Å². The van der Waals surface area contributed by atoms with Crippen LogP contribution in [0.2, 0.25) is 0 Å². The Kier molecular flexibility index (Phi) is 6.87. The van der Waals surface area contributed by atoms with Gasteiger partial charge in [-0.3, -0.25) is 9.13 Å². The van der Waals surface area contributed by atoms with Gasteiger partial charge in [0.25, 0.3) is 0 Å². The first-order valence-corrected chi connectivity index (χ1v) is 13.0. The Morgan fingerprint density at radius 1 is 0.647 bits per heavy atom. The summed E-state index contributed by atoms with van der Waals surface area (Å²) in [6.07, 6.45) is 3.31. The van der Waals surface area contributed by atoms with Gasteiger partial charge in [-0.05, 0) is 49.2 Å². The topological polar surface area (TPSA) is 87.7 Å². The van der Waals surface area contributed by atoms with E-state index in [9.17, 15) is 0 Å². The minimum Gasteiger partial charge on any atom is -0.461 e. The number of furan rings is 2. The number of rotatable bonds is 10. The molecule has 34 heavy (non-hydrogen) atoms. The Labute approximate surface area is 205 Å². The zero-order valence-electron chi connectivity index (χ0n) is 18.9. The van der Waals surface area contributed by atoms with Crippen LogP contribution in [0, 0.1) is 0 Å². The standard InChI is InChI=1S/C24H24N6O2S2/c1-3-29-21(19-7-5-13-31-19)25-27-23(29)33-15-17-9-11-18(12-10-17)16-34-24-28-26-22(30(24)4-2)20-8-6-14-32-20/h5-14H,3-4,15-16H2,1-2H3. The first-order valence-electron chi connectivity index (χ1n) is 11.0. The van der Waals surface area contributed by atoms with Crippen LogP contribution in [0.3, 0.4) is 0 Å². The van der Waals surface area contributed by atoms with E-state index in [1.54, 1.807) is 36.1 Å². The highest BCUT2D eigenvalue weighted by Crippen LogP contribution is 2.29. The van der Waals surface area contributed by atoms with E-state index in [1.165, 1.54) is 11.1 Å². The molecule has 0 saturated heterocycles. The van der Waals surface area contributed by atoms with Gasteiger partial charge in [-0.25, -0.2) is 0 Å². The predicted molar refractivity (Wildman–Crippen MR) is 132 cm³/mol. The highest BCUT2D eigenvalue weighted by atomic mass is 32.2. The second-order valence-electron chi connectivity index (χ2n) is 7.45. The van der Waals surface area contributed by atoms with E-state index < -0.39 is 0 Å². The number of hydrogen-bond donors (Lipinski definition) is 0. The van der Waals surface area contributed by atoms with Crippen molar-refractivity contribution in [2.75, 3.05) is 0 Å². The molecule has 4 heterocycles. The molecule has 1 aromatic carbocycles. The monoisotopic (exact) mass is 492 g/mol. The Morgan fingerprint density at radius 2 is 1.09 bits per heavy atom. The molecule has 174 valence electrons. The average molecular weight is 493 g/mol. The van der Waals surface area contributed by atoms with Crippen molar-refractivity contribution >= 4 is 23.5 Å². The fourth-order valence-electron chi connectivity index (χ4n) is 3.56. The molecule has 0 fully saturated rings. The largest absolute Gasteiger partial charge is 0.461 e. The molecule has 0 unspecified atom stereocenters. The summed E-state index contributed by atoms with van der Waals surface area (Å²) in [4.78, 5) is 0. The number of benzene rings is 1. The molecular weight excluding hydrogens is 468 g/mol. The molecular formula is C24H24N6O2S2. The van der Waals surface area contributed by atoms with Gasteiger partial charge < -0.3 is 8.83 Å². The van der Waals surface area contributed by atoms with E-state index in [0.717, 1.165) is 58.1 Å². The van der Waals surface area contributed by atoms with Gasteiger partial charge >= 0.3 is 0 Å². The quantitative estimate of drug-likeness (QED) is 0.219. The Hall–Kier alpha value is -3.24. The van der Waals surface area contributed by atoms with E-state index in [4.69, 9.17) is 8.83 Å². The van der Waals surface area contributed by atoms with Crippen LogP contribution in [0.4, 0.5) is 0 Å². The van der Waals surface area contributed by atoms with Crippen molar-refractivity contribution in [1.82, 2.24) is 29.5 Å². The van der Waals surface area contributed by atoms with Crippen LogP contribution in [-0.2, 0) is 24.6 Å². The zero-order chi connectivity index (χ0) is 23.3. The van der Waals surface area contributed by atoms with Crippen molar-refractivity contribution < 1.29 is 8.83 Å². The van der Waals surface area contributed by atoms with E-state index in [1.807, 2.05) is 24.3 Å². The molecule has 0 radical (unpaired) electrons. The van der Waals surface area contributed by atoms with Gasteiger partial charge in [-0.2, -0.15) is 0 Å². The molecule has 5 aromatic rings. The van der Waals surface area contributed by atoms with Crippen LogP contribution >= 0.6 is 23.5 Å². The third-order valence-corrected chi connectivity index (χ3v) is 7.38. The molecule has 8 nitrogen and oxygen atoms in total. The highest BCUT2D eigenvalue weighted by molar-refractivity contribution is 7.98. The number of aromatic nitrogens is 6. The van der Waals surface area contributed by atoms with Crippen LogP contribution in [0.25, 0.3) is 23.2 Å². The lowest BCUT2D eigenvalue weighted by atomic mass is 10.2. The van der Waals surface area contributed by atoms with Gasteiger partial charge in [0, 0.05) is 24.6 Å². The van der Waals surface area contributed by atoms with Crippen LogP contribution in [-0.4, -0.2) is 29.5 Å². The molecule has 0 aliphatic rings. The maximum atomic E-state index is 5.49. The lowest BCUT2D eigenvalue weighted by Gasteiger charge is -2.07. The van der Waals surface area contributed by atoms with Crippen molar-refractivity contribution in [2.24, 2.45) is 0 Å². The molecule has 4 aromatic heterocycles. The molecule has 10 heteroatoms. The second-order valence-corrected chi connectivity index (χ2v) is 9.33. The normalized spacial score (nSPS) is 11.4. The highest BCUT2D eigenvalue weighted by Gasteiger charge is 2.16. The SMILES string of the molecule is CCn1c(SCc2ccc(CSc3nnc(-c4ccco4)n3CC)cc2)nnc1-c1ccco1. The molecule has 0 aliphatic heterocycles. The Morgan fingerprint density at radius 3 is 1.44 bits per heavy atom. The van der Waals surface area contributed by atoms with Crippen LogP contribution in [0.5, 0.6) is 0 Å². The fraction of sp³-hybridized carbons (Fsp3) is 0.250. The van der Waals surface area contributed by atoms with E-state index >= 15 is 0 Å². The number of nitrogens with zero attached hydrogens (tertiary/aromatic N) is 6. The summed E-state index contributed by atoms with van der Waals surface area (Å²) >= 11 is 3.35. The molecule has 0 amide bonds. The van der Waals surface area contributed by atoms with E-state index in [0.29, 0.717) is 0 Å². The predicted octanol–water partition coefficient (Wildman–Crippen LogP) is 6.01. The fourth-order valence-corrected chi connectivity index (χ4v) is 5.48. The summed E-state index contributed by atoms with van der Waals surface area (Å²) in [5.74, 6) is 4.63. The maximum Gasteiger partial charge on any atom is 0.200 e. The van der Waals surface area contributed by atoms with Crippen molar-refractivity contribution in [3.8, 4) is 23.2 Å². The molecule has 5 rings (SSSR count). The molecule has 0 bridgehead atoms. The maximum absolute atomic E-state index is 5.49. The summed E-state index contributed by atoms with van der Waals surface area (Å²) < 4.78 is 15.1. The lowest BCUT2D eigenvalue weighted by molar-refractivity contribution is 0.566. The molecule has 0 N–H and O–H groups in total. The molecule has 0 spiro atoms. The van der Waals surface area contributed by atoms with Gasteiger partial charge in [0.05, 0.1) is 12.5 Å². The Bertz CT molecular complexity index is 1220. The first-order chi connectivity index (χ1) is 16.8. The summed E-state index contributed by atoms with van der Waals surface area (Å²) in [6, 6.07) is 16.2. The molecule has 0 saturated carbocycles. The van der Waals surface area contributed by atoms with Crippen LogP contribution in [0.15, 0.2) is 80.2 Å². The van der Waals surface area contributed by atoms with Crippen LogP contribution in [0.1, 0.15) is 25.0 Å². The molecule has 0 aliphatic carbocycles. The molecule has 0 atom stereocenters. The van der Waals surface area contributed by atoms with Crippen LogP contribution < -0.4 is 0 Å². The van der Waals surface area contributed by atoms with Gasteiger partial charge in [-0.15, -0.1) is 20.4 Å². The average Bonchev–Trinajstić information content (AvgIpc) is 3.68. The lowest BCUT2D eigenvalue weighted by Crippen LogP contribution is -1.99. The minimum absolute atomic E-state index is 0.734. The second kappa shape index (κ2) is 10.4. The summed E-state index contributed by atoms with van der Waals surface area (Å²) in [6.45, 7) is 5.74.